The second-order valence-electron chi connectivity index (χ2n) is 19.9. The van der Waals surface area contributed by atoms with Gasteiger partial charge in [-0.3, -0.25) is 38.4 Å². The molecule has 4 amide bonds. The fraction of sp³-hybridized carbons (Fsp3) is 0.444. The number of ether oxygens (including phenoxy) is 7. The average Bonchev–Trinajstić information content (AvgIpc) is 3.72. The molecule has 0 spiro atoms. The topological polar surface area (TPSA) is 291 Å². The van der Waals surface area contributed by atoms with Gasteiger partial charge in [-0.25, -0.2) is 14.5 Å². The maximum atomic E-state index is 15.7. The first-order chi connectivity index (χ1) is 35.5. The fourth-order valence-corrected chi connectivity index (χ4v) is 11.1. The predicted octanol–water partition coefficient (Wildman–Crippen LogP) is 3.28. The number of Topliss-reactive ketones (excluding diaryl/α,β-unsaturated/α-hetero) is 1. The molecule has 0 unspecified atom stereocenters. The molecule has 8 rings (SSSR count). The standard InChI is InChI=1S/C54H56N2O19/c1-28-40-42(70-29(2)57)45(64)52(6)34(59)26-35-53(27-69-35,74-30(3)58)44(52)46(72-48(66)33-20-14-9-15-21-33)54(68,51(40,4)5)75-50(28)73-49(67)43(71-39(63)25-24-38(62)56-36(60)22-23-37(56)61)41(31-16-10-7-11-17-31)55-47(65)32-18-12-8-13-19-32/h7-21,34-35,41-44,46,50,59,68H,22-27H2,1-6H3,(H,55,65)/t34-,35+,41-,42+,43+,44-,46-,50-,52+,53-,54+/m0/s1. The van der Waals surface area contributed by atoms with Gasteiger partial charge in [0.2, 0.25) is 35.9 Å². The van der Waals surface area contributed by atoms with Crippen molar-refractivity contribution in [2.75, 3.05) is 6.61 Å². The third kappa shape index (κ3) is 9.64. The lowest BCUT2D eigenvalue weighted by Crippen LogP contribution is -2.82. The van der Waals surface area contributed by atoms with Crippen LogP contribution in [0.3, 0.4) is 0 Å². The molecule has 21 nitrogen and oxygen atoms in total. The van der Waals surface area contributed by atoms with Gasteiger partial charge in [0.05, 0.1) is 36.0 Å². The predicted molar refractivity (Wildman–Crippen MR) is 253 cm³/mol. The molecular weight excluding hydrogens is 981 g/mol. The number of benzene rings is 3. The Morgan fingerprint density at radius 3 is 1.93 bits per heavy atom. The quantitative estimate of drug-likeness (QED) is 0.0903. The number of aliphatic hydroxyl groups is 2. The average molecular weight is 1040 g/mol. The third-order valence-electron chi connectivity index (χ3n) is 14.9. The van der Waals surface area contributed by atoms with E-state index in [1.54, 1.807) is 42.5 Å². The number of carbonyl (C=O) groups is 10. The molecule has 396 valence electrons. The van der Waals surface area contributed by atoms with E-state index in [-0.39, 0.29) is 47.1 Å². The summed E-state index contributed by atoms with van der Waals surface area (Å²) < 4.78 is 42.6. The summed E-state index contributed by atoms with van der Waals surface area (Å²) in [6.07, 6.45) is -13.6. The van der Waals surface area contributed by atoms with E-state index in [2.05, 4.69) is 5.32 Å². The Kier molecular flexibility index (Phi) is 14.8. The van der Waals surface area contributed by atoms with Crippen LogP contribution < -0.4 is 5.32 Å². The van der Waals surface area contributed by atoms with Crippen LogP contribution in [0.25, 0.3) is 0 Å². The van der Waals surface area contributed by atoms with Crippen LogP contribution >= 0.6 is 0 Å². The zero-order valence-electron chi connectivity index (χ0n) is 41.8. The van der Waals surface area contributed by atoms with E-state index in [9.17, 15) is 48.6 Å². The van der Waals surface area contributed by atoms with Gasteiger partial charge in [-0.2, -0.15) is 0 Å². The highest BCUT2D eigenvalue weighted by atomic mass is 16.8. The number of carbonyl (C=O) groups excluding carboxylic acids is 10. The second-order valence-corrected chi connectivity index (χ2v) is 19.9. The number of aliphatic hydroxyl groups excluding tert-OH is 1. The van der Waals surface area contributed by atoms with Gasteiger partial charge in [-0.05, 0) is 54.8 Å². The summed E-state index contributed by atoms with van der Waals surface area (Å²) in [5.74, 6) is -14.8. The van der Waals surface area contributed by atoms with Crippen molar-refractivity contribution in [2.45, 2.75) is 128 Å². The monoisotopic (exact) mass is 1040 g/mol. The number of amides is 4. The molecule has 3 aromatic rings. The van der Waals surface area contributed by atoms with Crippen molar-refractivity contribution in [1.82, 2.24) is 10.2 Å². The number of imide groups is 3. The van der Waals surface area contributed by atoms with E-state index < -0.39 is 150 Å². The van der Waals surface area contributed by atoms with E-state index in [4.69, 9.17) is 33.2 Å². The molecule has 11 atom stereocenters. The largest absolute Gasteiger partial charge is 0.453 e. The van der Waals surface area contributed by atoms with Gasteiger partial charge >= 0.3 is 29.8 Å². The van der Waals surface area contributed by atoms with Crippen LogP contribution in [-0.4, -0.2) is 129 Å². The fourth-order valence-electron chi connectivity index (χ4n) is 11.1. The highest BCUT2D eigenvalue weighted by Gasteiger charge is 2.79. The maximum Gasteiger partial charge on any atom is 0.352 e. The molecule has 0 aromatic heterocycles. The first-order valence-corrected chi connectivity index (χ1v) is 24.2. The van der Waals surface area contributed by atoms with Crippen LogP contribution in [0.4, 0.5) is 0 Å². The van der Waals surface area contributed by atoms with Crippen LogP contribution in [0.15, 0.2) is 102 Å². The molecule has 5 aliphatic rings. The summed E-state index contributed by atoms with van der Waals surface area (Å²) in [6.45, 7) is 7.05. The second kappa shape index (κ2) is 20.7. The highest BCUT2D eigenvalue weighted by Crippen LogP contribution is 2.64. The van der Waals surface area contributed by atoms with Crippen molar-refractivity contribution in [3.63, 3.8) is 0 Å². The molecule has 3 aliphatic heterocycles. The van der Waals surface area contributed by atoms with Crippen molar-refractivity contribution in [2.24, 2.45) is 16.7 Å². The highest BCUT2D eigenvalue weighted by molar-refractivity contribution is 6.15. The van der Waals surface area contributed by atoms with E-state index in [1.807, 2.05) is 0 Å². The molecule has 2 bridgehead atoms. The summed E-state index contributed by atoms with van der Waals surface area (Å²) in [5.41, 5.74) is -6.34. The van der Waals surface area contributed by atoms with E-state index >= 15 is 9.59 Å². The van der Waals surface area contributed by atoms with Crippen molar-refractivity contribution < 1.29 is 91.3 Å². The van der Waals surface area contributed by atoms with E-state index in [0.29, 0.717) is 4.90 Å². The molecule has 3 heterocycles. The molecule has 0 radical (unpaired) electrons. The maximum absolute atomic E-state index is 15.7. The number of hydrogen-bond acceptors (Lipinski definition) is 19. The number of likely N-dealkylation sites (tertiary alicyclic amines) is 1. The van der Waals surface area contributed by atoms with Crippen molar-refractivity contribution in [3.8, 4) is 0 Å². The lowest BCUT2D eigenvalue weighted by atomic mass is 9.47. The molecule has 75 heavy (non-hydrogen) atoms. The Balaban J connectivity index is 1.27. The van der Waals surface area contributed by atoms with Gasteiger partial charge < -0.3 is 48.7 Å². The van der Waals surface area contributed by atoms with Crippen LogP contribution in [-0.2, 0) is 71.5 Å². The van der Waals surface area contributed by atoms with Gasteiger partial charge in [0.15, 0.2) is 23.6 Å². The van der Waals surface area contributed by atoms with Gasteiger partial charge in [-0.15, -0.1) is 0 Å². The smallest absolute Gasteiger partial charge is 0.352 e. The zero-order chi connectivity index (χ0) is 54.4. The molecule has 2 saturated heterocycles. The lowest BCUT2D eigenvalue weighted by molar-refractivity contribution is -0.396. The normalized spacial score (nSPS) is 29.4. The first-order valence-electron chi connectivity index (χ1n) is 24.2. The number of ketones is 1. The molecule has 2 saturated carbocycles. The van der Waals surface area contributed by atoms with Gasteiger partial charge in [0.25, 0.3) is 5.91 Å². The Morgan fingerprint density at radius 2 is 1.37 bits per heavy atom. The SMILES string of the molecule is CC(=O)O[C@H]1C(=O)[C@@]2(C)[C@H]([C@H](OC(=O)c3ccccc3)[C@@]3(O)O[C@H](OC(=O)[C@H](OC(=O)CCC(=O)N4C(=O)CCC4=O)[C@@H](NC(=O)c4ccccc4)c4ccccc4)C(C)=C1C3(C)C)[C@]1(OC(C)=O)CO[C@@H]1C[C@@H]2O. The van der Waals surface area contributed by atoms with E-state index in [0.717, 1.165) is 13.8 Å². The van der Waals surface area contributed by atoms with Crippen LogP contribution in [0.1, 0.15) is 106 Å². The number of fused-ring (bicyclic) bond motifs is 5. The van der Waals surface area contributed by atoms with Gasteiger partial charge in [0, 0.05) is 50.5 Å². The Hall–Kier alpha value is -7.46. The number of hydrogen-bond donors (Lipinski definition) is 3. The number of nitrogens with one attached hydrogen (secondary N) is 1. The van der Waals surface area contributed by atoms with Crippen LogP contribution in [0.5, 0.6) is 0 Å². The minimum absolute atomic E-state index is 0.0497. The molecular formula is C54H56N2O19. The van der Waals surface area contributed by atoms with E-state index in [1.165, 1.54) is 76.2 Å². The molecule has 2 aliphatic carbocycles. The summed E-state index contributed by atoms with van der Waals surface area (Å²) in [5, 5.41) is 28.6. The van der Waals surface area contributed by atoms with Crippen LogP contribution in [0, 0.1) is 16.7 Å². The Labute approximate surface area is 429 Å². The summed E-state index contributed by atoms with van der Waals surface area (Å²) >= 11 is 0. The van der Waals surface area contributed by atoms with Crippen molar-refractivity contribution >= 4 is 59.3 Å². The Bertz CT molecular complexity index is 2840. The Morgan fingerprint density at radius 1 is 0.787 bits per heavy atom. The lowest BCUT2D eigenvalue weighted by Gasteiger charge is -2.66. The minimum Gasteiger partial charge on any atom is -0.453 e. The van der Waals surface area contributed by atoms with Crippen molar-refractivity contribution in [1.29, 1.82) is 0 Å². The summed E-state index contributed by atoms with van der Waals surface area (Å²) in [6, 6.07) is 21.4. The molecule has 3 N–H and O–H groups in total. The first kappa shape index (κ1) is 53.8. The summed E-state index contributed by atoms with van der Waals surface area (Å²) in [4.78, 5) is 138. The molecule has 4 fully saturated rings. The van der Waals surface area contributed by atoms with Gasteiger partial charge in [-0.1, -0.05) is 80.6 Å². The van der Waals surface area contributed by atoms with Crippen molar-refractivity contribution in [3.05, 3.63) is 119 Å². The minimum atomic E-state index is -3.04. The van der Waals surface area contributed by atoms with Gasteiger partial charge in [0.1, 0.15) is 12.1 Å². The number of nitrogens with zero attached hydrogens (tertiary/aromatic N) is 1. The zero-order valence-corrected chi connectivity index (χ0v) is 41.8. The number of esters is 5. The van der Waals surface area contributed by atoms with Crippen LogP contribution in [0.2, 0.25) is 0 Å². The third-order valence-corrected chi connectivity index (χ3v) is 14.9. The molecule has 21 heteroatoms. The summed E-state index contributed by atoms with van der Waals surface area (Å²) in [7, 11) is 0. The molecule has 3 aromatic carbocycles. The number of rotatable bonds is 14.